The molecule has 3 aliphatic rings. The zero-order chi connectivity index (χ0) is 20.9. The second kappa shape index (κ2) is 9.63. The highest BCUT2D eigenvalue weighted by Crippen LogP contribution is 2.50. The maximum Gasteiger partial charge on any atom is 0.409 e. The van der Waals surface area contributed by atoms with Crippen LogP contribution in [0.25, 0.3) is 0 Å². The molecule has 1 heterocycles. The topological polar surface area (TPSA) is 79.0 Å². The largest absolute Gasteiger partial charge is 0.449 e. The van der Waals surface area contributed by atoms with Crippen molar-refractivity contribution in [2.24, 2.45) is 17.3 Å². The Kier molecular flexibility index (Phi) is 7.19. The summed E-state index contributed by atoms with van der Waals surface area (Å²) in [5.74, 6) is 1.10. The standard InChI is InChI=1S/C22H35N3O4/c1-3-19(26)23-15-20(27)24-8-10-25(11-9-24)21(28)29-16-22(4-2)13-17-6-5-7-18(12-17)14-22/h3,17-18H,1,4-16H2,2H3,(H,23,26). The van der Waals surface area contributed by atoms with Crippen LogP contribution in [0.15, 0.2) is 12.7 Å². The Morgan fingerprint density at radius 1 is 1.10 bits per heavy atom. The van der Waals surface area contributed by atoms with Crippen LogP contribution in [-0.2, 0) is 14.3 Å². The number of carbonyl (C=O) groups is 3. The number of fused-ring (bicyclic) bond motifs is 2. The molecule has 3 fully saturated rings. The molecule has 29 heavy (non-hydrogen) atoms. The van der Waals surface area contributed by atoms with E-state index in [2.05, 4.69) is 18.8 Å². The van der Waals surface area contributed by atoms with Crippen molar-refractivity contribution in [2.45, 2.75) is 51.9 Å². The molecular formula is C22H35N3O4. The zero-order valence-corrected chi connectivity index (χ0v) is 17.7. The Balaban J connectivity index is 1.43. The Morgan fingerprint density at radius 3 is 2.31 bits per heavy atom. The summed E-state index contributed by atoms with van der Waals surface area (Å²) in [7, 11) is 0. The minimum Gasteiger partial charge on any atom is -0.449 e. The van der Waals surface area contributed by atoms with E-state index in [1.165, 1.54) is 38.5 Å². The van der Waals surface area contributed by atoms with Crippen LogP contribution in [0, 0.1) is 17.3 Å². The van der Waals surface area contributed by atoms with Crippen LogP contribution in [0.4, 0.5) is 4.79 Å². The van der Waals surface area contributed by atoms with Crippen LogP contribution in [0.3, 0.4) is 0 Å². The third-order valence-corrected chi connectivity index (χ3v) is 7.08. The van der Waals surface area contributed by atoms with Gasteiger partial charge in [0, 0.05) is 31.6 Å². The van der Waals surface area contributed by atoms with Gasteiger partial charge in [-0.3, -0.25) is 9.59 Å². The summed E-state index contributed by atoms with van der Waals surface area (Å²) < 4.78 is 5.79. The van der Waals surface area contributed by atoms with Gasteiger partial charge >= 0.3 is 6.09 Å². The van der Waals surface area contributed by atoms with E-state index >= 15 is 0 Å². The molecule has 0 aromatic carbocycles. The second-order valence-electron chi connectivity index (χ2n) is 9.00. The fourth-order valence-electron chi connectivity index (χ4n) is 5.38. The summed E-state index contributed by atoms with van der Waals surface area (Å²) in [4.78, 5) is 39.3. The quantitative estimate of drug-likeness (QED) is 0.689. The van der Waals surface area contributed by atoms with E-state index in [9.17, 15) is 14.4 Å². The lowest BCUT2D eigenvalue weighted by Gasteiger charge is -2.47. The molecule has 3 rings (SSSR count). The third kappa shape index (κ3) is 5.52. The molecule has 7 heteroatoms. The zero-order valence-electron chi connectivity index (χ0n) is 17.7. The normalized spacial score (nSPS) is 29.1. The van der Waals surface area contributed by atoms with E-state index in [0.29, 0.717) is 32.8 Å². The molecule has 3 amide bonds. The van der Waals surface area contributed by atoms with E-state index in [1.807, 2.05) is 0 Å². The van der Waals surface area contributed by atoms with Crippen LogP contribution in [0.2, 0.25) is 0 Å². The highest BCUT2D eigenvalue weighted by Gasteiger charge is 2.42. The molecule has 2 aliphatic carbocycles. The molecular weight excluding hydrogens is 370 g/mol. The first-order chi connectivity index (χ1) is 13.9. The van der Waals surface area contributed by atoms with Gasteiger partial charge in [-0.2, -0.15) is 0 Å². The lowest BCUT2D eigenvalue weighted by molar-refractivity contribution is -0.133. The Morgan fingerprint density at radius 2 is 1.72 bits per heavy atom. The van der Waals surface area contributed by atoms with Gasteiger partial charge < -0.3 is 19.9 Å². The fourth-order valence-corrected chi connectivity index (χ4v) is 5.38. The number of piperazine rings is 1. The van der Waals surface area contributed by atoms with Crippen LogP contribution < -0.4 is 5.32 Å². The molecule has 2 unspecified atom stereocenters. The lowest BCUT2D eigenvalue weighted by atomic mass is 9.60. The summed E-state index contributed by atoms with van der Waals surface area (Å²) >= 11 is 0. The minimum atomic E-state index is -0.364. The van der Waals surface area contributed by atoms with E-state index in [4.69, 9.17) is 4.74 Å². The van der Waals surface area contributed by atoms with Crippen molar-refractivity contribution in [3.05, 3.63) is 12.7 Å². The molecule has 1 saturated heterocycles. The average molecular weight is 406 g/mol. The van der Waals surface area contributed by atoms with Crippen LogP contribution in [0.1, 0.15) is 51.9 Å². The van der Waals surface area contributed by atoms with E-state index in [0.717, 1.165) is 24.3 Å². The highest BCUT2D eigenvalue weighted by atomic mass is 16.6. The second-order valence-corrected chi connectivity index (χ2v) is 9.00. The third-order valence-electron chi connectivity index (χ3n) is 7.08. The van der Waals surface area contributed by atoms with Gasteiger partial charge in [-0.25, -0.2) is 4.79 Å². The number of nitrogens with zero attached hydrogens (tertiary/aromatic N) is 2. The maximum atomic E-state index is 12.6. The van der Waals surface area contributed by atoms with Crippen LogP contribution in [0.5, 0.6) is 0 Å². The Labute approximate surface area is 173 Å². The van der Waals surface area contributed by atoms with Crippen LogP contribution >= 0.6 is 0 Å². The monoisotopic (exact) mass is 405 g/mol. The van der Waals surface area contributed by atoms with Gasteiger partial charge in [-0.15, -0.1) is 0 Å². The molecule has 0 aromatic rings. The van der Waals surface area contributed by atoms with Crippen molar-refractivity contribution in [3.8, 4) is 0 Å². The molecule has 1 aliphatic heterocycles. The summed E-state index contributed by atoms with van der Waals surface area (Å²) in [6, 6.07) is 0. The van der Waals surface area contributed by atoms with E-state index < -0.39 is 0 Å². The maximum absolute atomic E-state index is 12.6. The first kappa shape index (κ1) is 21.7. The summed E-state index contributed by atoms with van der Waals surface area (Å²) in [5, 5.41) is 2.49. The lowest BCUT2D eigenvalue weighted by Crippen LogP contribution is -2.53. The number of hydrogen-bond donors (Lipinski definition) is 1. The van der Waals surface area contributed by atoms with Crippen molar-refractivity contribution >= 4 is 17.9 Å². The van der Waals surface area contributed by atoms with Gasteiger partial charge in [0.25, 0.3) is 0 Å². The van der Waals surface area contributed by atoms with Crippen molar-refractivity contribution in [2.75, 3.05) is 39.3 Å². The number of carbonyl (C=O) groups excluding carboxylic acids is 3. The van der Waals surface area contributed by atoms with Gasteiger partial charge in [0.05, 0.1) is 13.2 Å². The predicted molar refractivity (Wildman–Crippen MR) is 110 cm³/mol. The van der Waals surface area contributed by atoms with Crippen molar-refractivity contribution < 1.29 is 19.1 Å². The predicted octanol–water partition coefficient (Wildman–Crippen LogP) is 2.57. The van der Waals surface area contributed by atoms with Gasteiger partial charge in [0.2, 0.25) is 11.8 Å². The van der Waals surface area contributed by atoms with Gasteiger partial charge in [0.15, 0.2) is 0 Å². The first-order valence-corrected chi connectivity index (χ1v) is 11.0. The Bertz CT molecular complexity index is 616. The molecule has 2 bridgehead atoms. The van der Waals surface area contributed by atoms with Crippen LogP contribution in [-0.4, -0.2) is 67.0 Å². The summed E-state index contributed by atoms with van der Waals surface area (Å²) in [6.07, 6.45) is 9.69. The molecule has 162 valence electrons. The number of hydrogen-bond acceptors (Lipinski definition) is 4. The molecule has 2 atom stereocenters. The minimum absolute atomic E-state index is 0.0450. The molecule has 0 radical (unpaired) electrons. The SMILES string of the molecule is C=CC(=O)NCC(=O)N1CCN(C(=O)OCC2(CC)CC3CCCC(C3)C2)CC1. The van der Waals surface area contributed by atoms with E-state index in [1.54, 1.807) is 9.80 Å². The molecule has 1 N–H and O–H groups in total. The van der Waals surface area contributed by atoms with Crippen molar-refractivity contribution in [3.63, 3.8) is 0 Å². The number of nitrogens with one attached hydrogen (secondary N) is 1. The number of rotatable bonds is 6. The molecule has 0 spiro atoms. The number of amides is 3. The van der Waals surface area contributed by atoms with Crippen molar-refractivity contribution in [1.29, 1.82) is 0 Å². The van der Waals surface area contributed by atoms with Gasteiger partial charge in [0.1, 0.15) is 0 Å². The highest BCUT2D eigenvalue weighted by molar-refractivity contribution is 5.90. The Hall–Kier alpha value is -2.05. The average Bonchev–Trinajstić information content (AvgIpc) is 2.75. The van der Waals surface area contributed by atoms with Gasteiger partial charge in [-0.1, -0.05) is 32.8 Å². The molecule has 7 nitrogen and oxygen atoms in total. The fraction of sp³-hybridized carbons (Fsp3) is 0.773. The summed E-state index contributed by atoms with van der Waals surface area (Å²) in [6.45, 7) is 7.91. The van der Waals surface area contributed by atoms with Crippen molar-refractivity contribution in [1.82, 2.24) is 15.1 Å². The molecule has 0 aromatic heterocycles. The van der Waals surface area contributed by atoms with E-state index in [-0.39, 0.29) is 29.9 Å². The first-order valence-electron chi connectivity index (χ1n) is 11.0. The van der Waals surface area contributed by atoms with Gasteiger partial charge in [-0.05, 0) is 43.6 Å². The number of ether oxygens (including phenoxy) is 1. The smallest absolute Gasteiger partial charge is 0.409 e. The molecule has 2 saturated carbocycles. The summed E-state index contributed by atoms with van der Waals surface area (Å²) in [5.41, 5.74) is 0.144.